The normalized spacial score (nSPS) is 21.8. The minimum absolute atomic E-state index is 0.0613. The molecule has 0 spiro atoms. The van der Waals surface area contributed by atoms with Gasteiger partial charge < -0.3 is 10.0 Å². The van der Waals surface area contributed by atoms with Crippen LogP contribution in [0.2, 0.25) is 0 Å². The van der Waals surface area contributed by atoms with Crippen molar-refractivity contribution in [1.82, 2.24) is 4.90 Å². The molecule has 0 bridgehead atoms. The van der Waals surface area contributed by atoms with Gasteiger partial charge in [0.1, 0.15) is 0 Å². The van der Waals surface area contributed by atoms with E-state index in [1.807, 2.05) is 20.8 Å². The second kappa shape index (κ2) is 4.21. The predicted molar refractivity (Wildman–Crippen MR) is 56.4 cm³/mol. The van der Waals surface area contributed by atoms with Crippen LogP contribution >= 0.6 is 0 Å². The number of carboxylic acid groups (broad SMARTS) is 1. The van der Waals surface area contributed by atoms with E-state index >= 15 is 0 Å². The van der Waals surface area contributed by atoms with Crippen molar-refractivity contribution in [2.45, 2.75) is 46.1 Å². The Morgan fingerprint density at radius 1 is 1.40 bits per heavy atom. The predicted octanol–water partition coefficient (Wildman–Crippen LogP) is 1.50. The van der Waals surface area contributed by atoms with Gasteiger partial charge in [0.25, 0.3) is 0 Å². The molecule has 15 heavy (non-hydrogen) atoms. The average molecular weight is 213 g/mol. The molecule has 1 amide bonds. The molecule has 0 aliphatic carbocycles. The maximum Gasteiger partial charge on any atom is 0.305 e. The molecular weight excluding hydrogens is 194 g/mol. The summed E-state index contributed by atoms with van der Waals surface area (Å²) in [6.45, 7) is 6.30. The molecule has 4 heteroatoms. The van der Waals surface area contributed by atoms with Gasteiger partial charge in [0.05, 0.1) is 6.42 Å². The van der Waals surface area contributed by atoms with Crippen LogP contribution in [0.3, 0.4) is 0 Å². The molecule has 0 aromatic rings. The second-order valence-electron chi connectivity index (χ2n) is 5.14. The van der Waals surface area contributed by atoms with Crippen LogP contribution in [0.25, 0.3) is 0 Å². The molecule has 0 radical (unpaired) electrons. The van der Waals surface area contributed by atoms with Crippen molar-refractivity contribution < 1.29 is 14.7 Å². The summed E-state index contributed by atoms with van der Waals surface area (Å²) in [6.07, 6.45) is 1.80. The first-order valence-electron chi connectivity index (χ1n) is 5.35. The zero-order valence-corrected chi connectivity index (χ0v) is 9.62. The van der Waals surface area contributed by atoms with Gasteiger partial charge in [-0.3, -0.25) is 9.59 Å². The molecule has 1 heterocycles. The maximum absolute atomic E-state index is 12.0. The van der Waals surface area contributed by atoms with E-state index in [9.17, 15) is 9.59 Å². The van der Waals surface area contributed by atoms with Crippen LogP contribution in [-0.4, -0.2) is 34.5 Å². The third kappa shape index (κ3) is 2.94. The number of aliphatic carboxylic acids is 1. The standard InChI is InChI=1S/C11H19NO3/c1-11(2,3)10(15)12-6-4-5-8(12)7-9(13)14/h8H,4-7H2,1-3H3,(H,13,14)/t8-/m0/s1. The summed E-state index contributed by atoms with van der Waals surface area (Å²) in [5.74, 6) is -0.764. The average Bonchev–Trinajstić information content (AvgIpc) is 2.48. The highest BCUT2D eigenvalue weighted by Crippen LogP contribution is 2.26. The van der Waals surface area contributed by atoms with E-state index in [2.05, 4.69) is 0 Å². The van der Waals surface area contributed by atoms with E-state index in [4.69, 9.17) is 5.11 Å². The molecule has 1 saturated heterocycles. The quantitative estimate of drug-likeness (QED) is 0.756. The Labute approximate surface area is 90.3 Å². The first kappa shape index (κ1) is 12.0. The summed E-state index contributed by atoms with van der Waals surface area (Å²) in [4.78, 5) is 24.4. The lowest BCUT2D eigenvalue weighted by Crippen LogP contribution is -2.43. The Kier molecular flexibility index (Phi) is 3.37. The van der Waals surface area contributed by atoms with Gasteiger partial charge in [0.2, 0.25) is 5.91 Å². The Hall–Kier alpha value is -1.06. The summed E-state index contributed by atoms with van der Waals surface area (Å²) < 4.78 is 0. The summed E-state index contributed by atoms with van der Waals surface area (Å²) in [5.41, 5.74) is -0.416. The lowest BCUT2D eigenvalue weighted by molar-refractivity contribution is -0.143. The molecule has 4 nitrogen and oxygen atoms in total. The van der Waals surface area contributed by atoms with Crippen LogP contribution < -0.4 is 0 Å². The fraction of sp³-hybridized carbons (Fsp3) is 0.818. The van der Waals surface area contributed by atoms with Gasteiger partial charge in [-0.15, -0.1) is 0 Å². The zero-order chi connectivity index (χ0) is 11.6. The first-order valence-corrected chi connectivity index (χ1v) is 5.35. The highest BCUT2D eigenvalue weighted by molar-refractivity contribution is 5.82. The van der Waals surface area contributed by atoms with Gasteiger partial charge in [-0.05, 0) is 12.8 Å². The Bertz CT molecular complexity index is 267. The minimum Gasteiger partial charge on any atom is -0.481 e. The summed E-state index contributed by atoms with van der Waals surface area (Å²) in [5, 5.41) is 8.74. The summed E-state index contributed by atoms with van der Waals surface area (Å²) in [6, 6.07) is -0.103. The van der Waals surface area contributed by atoms with E-state index < -0.39 is 11.4 Å². The van der Waals surface area contributed by atoms with E-state index in [1.54, 1.807) is 4.90 Å². The smallest absolute Gasteiger partial charge is 0.305 e. The van der Waals surface area contributed by atoms with E-state index in [0.29, 0.717) is 6.54 Å². The Balaban J connectivity index is 2.68. The number of rotatable bonds is 2. The molecule has 1 N–H and O–H groups in total. The maximum atomic E-state index is 12.0. The van der Waals surface area contributed by atoms with Gasteiger partial charge >= 0.3 is 5.97 Å². The third-order valence-corrected chi connectivity index (χ3v) is 2.69. The van der Waals surface area contributed by atoms with Crippen molar-refractivity contribution in [3.05, 3.63) is 0 Å². The number of hydrogen-bond donors (Lipinski definition) is 1. The fourth-order valence-corrected chi connectivity index (χ4v) is 1.95. The lowest BCUT2D eigenvalue weighted by Gasteiger charge is -2.30. The molecule has 86 valence electrons. The van der Waals surface area contributed by atoms with Crippen molar-refractivity contribution in [1.29, 1.82) is 0 Å². The highest BCUT2D eigenvalue weighted by Gasteiger charge is 2.35. The van der Waals surface area contributed by atoms with Crippen molar-refractivity contribution in [3.8, 4) is 0 Å². The highest BCUT2D eigenvalue weighted by atomic mass is 16.4. The number of likely N-dealkylation sites (tertiary alicyclic amines) is 1. The Morgan fingerprint density at radius 2 is 2.00 bits per heavy atom. The number of carboxylic acids is 1. The zero-order valence-electron chi connectivity index (χ0n) is 9.62. The van der Waals surface area contributed by atoms with E-state index in [0.717, 1.165) is 12.8 Å². The molecule has 1 fully saturated rings. The monoisotopic (exact) mass is 213 g/mol. The molecular formula is C11H19NO3. The molecule has 0 saturated carbocycles. The number of hydrogen-bond acceptors (Lipinski definition) is 2. The molecule has 0 aromatic heterocycles. The van der Waals surface area contributed by atoms with E-state index in [1.165, 1.54) is 0 Å². The summed E-state index contributed by atoms with van der Waals surface area (Å²) >= 11 is 0. The molecule has 1 aliphatic rings. The van der Waals surface area contributed by atoms with Gasteiger partial charge in [0.15, 0.2) is 0 Å². The molecule has 0 unspecified atom stereocenters. The van der Waals surface area contributed by atoms with Crippen LogP contribution in [0, 0.1) is 5.41 Å². The molecule has 1 aliphatic heterocycles. The van der Waals surface area contributed by atoms with Crippen molar-refractivity contribution in [3.63, 3.8) is 0 Å². The number of carbonyl (C=O) groups excluding carboxylic acids is 1. The SMILES string of the molecule is CC(C)(C)C(=O)N1CCC[C@H]1CC(=O)O. The van der Waals surface area contributed by atoms with E-state index in [-0.39, 0.29) is 18.4 Å². The van der Waals surface area contributed by atoms with Gasteiger partial charge in [-0.2, -0.15) is 0 Å². The number of nitrogens with zero attached hydrogens (tertiary/aromatic N) is 1. The van der Waals surface area contributed by atoms with Gasteiger partial charge in [0, 0.05) is 18.0 Å². The summed E-state index contributed by atoms with van der Waals surface area (Å²) in [7, 11) is 0. The lowest BCUT2D eigenvalue weighted by atomic mass is 9.94. The molecule has 1 atom stereocenters. The molecule has 1 rings (SSSR count). The van der Waals surface area contributed by atoms with Gasteiger partial charge in [-0.25, -0.2) is 0 Å². The van der Waals surface area contributed by atoms with Crippen LogP contribution in [0.5, 0.6) is 0 Å². The topological polar surface area (TPSA) is 57.6 Å². The first-order chi connectivity index (χ1) is 6.82. The number of amides is 1. The largest absolute Gasteiger partial charge is 0.481 e. The van der Waals surface area contributed by atoms with Crippen LogP contribution in [0.4, 0.5) is 0 Å². The Morgan fingerprint density at radius 3 is 2.47 bits per heavy atom. The van der Waals surface area contributed by atoms with Gasteiger partial charge in [-0.1, -0.05) is 20.8 Å². The van der Waals surface area contributed by atoms with Crippen LogP contribution in [0.1, 0.15) is 40.0 Å². The molecule has 0 aromatic carbocycles. The van der Waals surface area contributed by atoms with Crippen molar-refractivity contribution >= 4 is 11.9 Å². The fourth-order valence-electron chi connectivity index (χ4n) is 1.95. The van der Waals surface area contributed by atoms with Crippen molar-refractivity contribution in [2.24, 2.45) is 5.41 Å². The van der Waals surface area contributed by atoms with Crippen molar-refractivity contribution in [2.75, 3.05) is 6.54 Å². The third-order valence-electron chi connectivity index (χ3n) is 2.69. The minimum atomic E-state index is -0.825. The van der Waals surface area contributed by atoms with Crippen LogP contribution in [0.15, 0.2) is 0 Å². The van der Waals surface area contributed by atoms with Crippen LogP contribution in [-0.2, 0) is 9.59 Å². The number of carbonyl (C=O) groups is 2. The second-order valence-corrected chi connectivity index (χ2v) is 5.14.